The van der Waals surface area contributed by atoms with E-state index in [1.807, 2.05) is 30.3 Å². The number of hydrogen-bond acceptors (Lipinski definition) is 4. The lowest BCUT2D eigenvalue weighted by atomic mass is 9.96. The van der Waals surface area contributed by atoms with Crippen molar-refractivity contribution in [3.8, 4) is 17.6 Å². The third kappa shape index (κ3) is 2.59. The van der Waals surface area contributed by atoms with Gasteiger partial charge in [0.25, 0.3) is 5.91 Å². The average Bonchev–Trinajstić information content (AvgIpc) is 2.65. The van der Waals surface area contributed by atoms with Gasteiger partial charge in [-0.25, -0.2) is 0 Å². The first-order valence-corrected chi connectivity index (χ1v) is 7.41. The molecule has 24 heavy (non-hydrogen) atoms. The first-order chi connectivity index (χ1) is 11.7. The molecule has 0 aliphatic carbocycles. The van der Waals surface area contributed by atoms with Gasteiger partial charge >= 0.3 is 0 Å². The lowest BCUT2D eigenvalue weighted by Crippen LogP contribution is -2.28. The van der Waals surface area contributed by atoms with Crippen molar-refractivity contribution in [1.29, 1.82) is 5.26 Å². The number of benzene rings is 2. The van der Waals surface area contributed by atoms with Crippen LogP contribution in [-0.2, 0) is 6.54 Å². The maximum Gasteiger partial charge on any atom is 0.258 e. The fourth-order valence-corrected chi connectivity index (χ4v) is 2.77. The summed E-state index contributed by atoms with van der Waals surface area (Å²) in [5.41, 5.74) is 2.59. The SMILES string of the molecule is COc1cc2c(c(C#N)c1OC)CN(C(=O)c1ccccc1)C=C2. The van der Waals surface area contributed by atoms with Crippen LogP contribution < -0.4 is 9.47 Å². The van der Waals surface area contributed by atoms with Crippen LogP contribution in [0.4, 0.5) is 0 Å². The number of carbonyl (C=O) groups excluding carboxylic acids is 1. The van der Waals surface area contributed by atoms with E-state index in [9.17, 15) is 10.1 Å². The number of carbonyl (C=O) groups is 1. The van der Waals surface area contributed by atoms with Crippen LogP contribution in [-0.4, -0.2) is 25.0 Å². The lowest BCUT2D eigenvalue weighted by Gasteiger charge is -2.26. The average molecular weight is 320 g/mol. The summed E-state index contributed by atoms with van der Waals surface area (Å²) in [5, 5.41) is 9.55. The highest BCUT2D eigenvalue weighted by molar-refractivity contribution is 5.95. The van der Waals surface area contributed by atoms with Gasteiger partial charge in [-0.2, -0.15) is 5.26 Å². The first-order valence-electron chi connectivity index (χ1n) is 7.41. The van der Waals surface area contributed by atoms with Crippen LogP contribution in [0, 0.1) is 11.3 Å². The Bertz CT molecular complexity index is 851. The summed E-state index contributed by atoms with van der Waals surface area (Å²) in [6.45, 7) is 0.308. The maximum atomic E-state index is 12.6. The van der Waals surface area contributed by atoms with Gasteiger partial charge in [-0.3, -0.25) is 4.79 Å². The van der Waals surface area contributed by atoms with Crippen molar-refractivity contribution in [2.24, 2.45) is 0 Å². The number of nitrogens with zero attached hydrogens (tertiary/aromatic N) is 2. The number of rotatable bonds is 3. The third-order valence-electron chi connectivity index (χ3n) is 3.97. The number of methoxy groups -OCH3 is 2. The first kappa shape index (κ1) is 15.6. The number of nitriles is 1. The van der Waals surface area contributed by atoms with E-state index in [0.29, 0.717) is 29.2 Å². The van der Waals surface area contributed by atoms with Crippen molar-refractivity contribution in [1.82, 2.24) is 4.90 Å². The molecule has 0 spiro atoms. The molecule has 3 rings (SSSR count). The van der Waals surface area contributed by atoms with Gasteiger partial charge in [0, 0.05) is 17.3 Å². The molecular formula is C19H16N2O3. The molecule has 1 amide bonds. The molecular weight excluding hydrogens is 304 g/mol. The van der Waals surface area contributed by atoms with Crippen LogP contribution in [0.2, 0.25) is 0 Å². The molecule has 1 aliphatic heterocycles. The van der Waals surface area contributed by atoms with E-state index in [0.717, 1.165) is 11.1 Å². The van der Waals surface area contributed by atoms with Gasteiger partial charge in [-0.1, -0.05) is 18.2 Å². The van der Waals surface area contributed by atoms with Gasteiger partial charge in [0.05, 0.1) is 20.8 Å². The van der Waals surface area contributed by atoms with Crippen LogP contribution in [0.15, 0.2) is 42.6 Å². The van der Waals surface area contributed by atoms with Gasteiger partial charge in [-0.05, 0) is 29.8 Å². The van der Waals surface area contributed by atoms with Gasteiger partial charge < -0.3 is 14.4 Å². The Morgan fingerprint density at radius 2 is 1.96 bits per heavy atom. The molecule has 0 N–H and O–H groups in total. The Kier molecular flexibility index (Phi) is 4.21. The Balaban J connectivity index is 2.02. The summed E-state index contributed by atoms with van der Waals surface area (Å²) in [4.78, 5) is 14.2. The van der Waals surface area contributed by atoms with Gasteiger partial charge in [0.2, 0.25) is 0 Å². The lowest BCUT2D eigenvalue weighted by molar-refractivity contribution is 0.0813. The minimum atomic E-state index is -0.115. The normalized spacial score (nSPS) is 12.3. The highest BCUT2D eigenvalue weighted by Gasteiger charge is 2.25. The summed E-state index contributed by atoms with van der Waals surface area (Å²) in [5.74, 6) is 0.776. The van der Waals surface area contributed by atoms with E-state index in [1.165, 1.54) is 14.2 Å². The van der Waals surface area contributed by atoms with Crippen molar-refractivity contribution in [3.63, 3.8) is 0 Å². The molecule has 5 heteroatoms. The van der Waals surface area contributed by atoms with Gasteiger partial charge in [0.15, 0.2) is 11.5 Å². The zero-order chi connectivity index (χ0) is 17.1. The Labute approximate surface area is 140 Å². The molecule has 2 aromatic carbocycles. The standard InChI is InChI=1S/C19H16N2O3/c1-23-17-10-14-8-9-21(19(22)13-6-4-3-5-7-13)12-16(14)15(11-20)18(17)24-2/h3-10H,12H2,1-2H3. The van der Waals surface area contributed by atoms with E-state index in [-0.39, 0.29) is 5.91 Å². The molecule has 5 nitrogen and oxygen atoms in total. The fourth-order valence-electron chi connectivity index (χ4n) is 2.77. The number of ether oxygens (including phenoxy) is 2. The quantitative estimate of drug-likeness (QED) is 0.871. The van der Waals surface area contributed by atoms with Crippen molar-refractivity contribution in [3.05, 3.63) is 64.9 Å². The van der Waals surface area contributed by atoms with E-state index < -0.39 is 0 Å². The zero-order valence-corrected chi connectivity index (χ0v) is 13.4. The van der Waals surface area contributed by atoms with Crippen LogP contribution >= 0.6 is 0 Å². The van der Waals surface area contributed by atoms with E-state index >= 15 is 0 Å². The predicted molar refractivity (Wildman–Crippen MR) is 89.6 cm³/mol. The van der Waals surface area contributed by atoms with Crippen molar-refractivity contribution in [2.45, 2.75) is 6.54 Å². The summed E-state index contributed by atoms with van der Waals surface area (Å²) in [7, 11) is 3.03. The summed E-state index contributed by atoms with van der Waals surface area (Å²) >= 11 is 0. The summed E-state index contributed by atoms with van der Waals surface area (Å²) in [6, 6.07) is 13.0. The highest BCUT2D eigenvalue weighted by Crippen LogP contribution is 2.38. The van der Waals surface area contributed by atoms with E-state index in [4.69, 9.17) is 9.47 Å². The second-order valence-electron chi connectivity index (χ2n) is 5.28. The topological polar surface area (TPSA) is 62.6 Å². The van der Waals surface area contributed by atoms with E-state index in [1.54, 1.807) is 23.2 Å². The Hall–Kier alpha value is -3.26. The molecule has 0 unspecified atom stereocenters. The van der Waals surface area contributed by atoms with Crippen molar-refractivity contribution < 1.29 is 14.3 Å². The molecule has 0 bridgehead atoms. The summed E-state index contributed by atoms with van der Waals surface area (Å²) < 4.78 is 10.6. The van der Waals surface area contributed by atoms with Crippen LogP contribution in [0.5, 0.6) is 11.5 Å². The summed E-state index contributed by atoms with van der Waals surface area (Å²) in [6.07, 6.45) is 3.53. The molecule has 1 heterocycles. The molecule has 0 fully saturated rings. The largest absolute Gasteiger partial charge is 0.493 e. The molecule has 0 radical (unpaired) electrons. The monoisotopic (exact) mass is 320 g/mol. The van der Waals surface area contributed by atoms with Crippen LogP contribution in [0.1, 0.15) is 27.0 Å². The second kappa shape index (κ2) is 6.47. The van der Waals surface area contributed by atoms with Crippen molar-refractivity contribution in [2.75, 3.05) is 14.2 Å². The molecule has 120 valence electrons. The van der Waals surface area contributed by atoms with Crippen LogP contribution in [0.3, 0.4) is 0 Å². The van der Waals surface area contributed by atoms with Gasteiger partial charge in [0.1, 0.15) is 11.6 Å². The van der Waals surface area contributed by atoms with Crippen LogP contribution in [0.25, 0.3) is 6.08 Å². The molecule has 2 aromatic rings. The minimum Gasteiger partial charge on any atom is -0.493 e. The fraction of sp³-hybridized carbons (Fsp3) is 0.158. The second-order valence-corrected chi connectivity index (χ2v) is 5.28. The maximum absolute atomic E-state index is 12.6. The number of fused-ring (bicyclic) bond motifs is 1. The van der Waals surface area contributed by atoms with Gasteiger partial charge in [-0.15, -0.1) is 0 Å². The predicted octanol–water partition coefficient (Wildman–Crippen LogP) is 3.20. The number of amides is 1. The Morgan fingerprint density at radius 3 is 2.58 bits per heavy atom. The molecule has 0 aromatic heterocycles. The van der Waals surface area contributed by atoms with E-state index in [2.05, 4.69) is 6.07 Å². The molecule has 0 saturated heterocycles. The minimum absolute atomic E-state index is 0.115. The highest BCUT2D eigenvalue weighted by atomic mass is 16.5. The molecule has 0 atom stereocenters. The molecule has 0 saturated carbocycles. The zero-order valence-electron chi connectivity index (χ0n) is 13.4. The smallest absolute Gasteiger partial charge is 0.258 e. The Morgan fingerprint density at radius 1 is 1.21 bits per heavy atom. The van der Waals surface area contributed by atoms with Crippen molar-refractivity contribution >= 4 is 12.0 Å². The molecule has 1 aliphatic rings. The number of hydrogen-bond donors (Lipinski definition) is 0. The third-order valence-corrected chi connectivity index (χ3v) is 3.97.